The van der Waals surface area contributed by atoms with Crippen molar-refractivity contribution < 1.29 is 14.6 Å². The average Bonchev–Trinajstić information content (AvgIpc) is 2.69. The van der Waals surface area contributed by atoms with E-state index in [-0.39, 0.29) is 11.9 Å². The van der Waals surface area contributed by atoms with E-state index in [0.29, 0.717) is 41.2 Å². The van der Waals surface area contributed by atoms with Gasteiger partial charge in [-0.1, -0.05) is 6.42 Å². The maximum absolute atomic E-state index is 13.4. The Labute approximate surface area is 183 Å². The molecule has 2 unspecified atom stereocenters. The Morgan fingerprint density at radius 3 is 2.48 bits per heavy atom. The second-order valence-corrected chi connectivity index (χ2v) is 10.8. The van der Waals surface area contributed by atoms with Gasteiger partial charge in [-0.3, -0.25) is 4.79 Å². The summed E-state index contributed by atoms with van der Waals surface area (Å²) in [5.74, 6) is 2.43. The molecule has 1 aliphatic heterocycles. The predicted molar refractivity (Wildman–Crippen MR) is 116 cm³/mol. The summed E-state index contributed by atoms with van der Waals surface area (Å²) in [6.07, 6.45) is 12.0. The number of carbonyl (C=O) groups excluding carboxylic acids is 1. The fourth-order valence-corrected chi connectivity index (χ4v) is 7.10. The average molecular weight is 427 g/mol. The Kier molecular flexibility index (Phi) is 4.94. The molecule has 3 N–H and O–H groups in total. The van der Waals surface area contributed by atoms with Crippen LogP contribution >= 0.6 is 0 Å². The molecule has 5 aliphatic carbocycles. The van der Waals surface area contributed by atoms with Gasteiger partial charge in [0.25, 0.3) is 5.91 Å². The van der Waals surface area contributed by atoms with Crippen LogP contribution in [0, 0.1) is 17.8 Å². The second kappa shape index (κ2) is 7.69. The highest BCUT2D eigenvalue weighted by molar-refractivity contribution is 5.95. The number of hydrogen-bond acceptors (Lipinski definition) is 6. The number of rotatable bonds is 5. The third kappa shape index (κ3) is 3.74. The van der Waals surface area contributed by atoms with Crippen LogP contribution in [-0.2, 0) is 4.74 Å². The van der Waals surface area contributed by atoms with E-state index < -0.39 is 5.60 Å². The Balaban J connectivity index is 1.20. The van der Waals surface area contributed by atoms with Gasteiger partial charge in [0.05, 0.1) is 16.9 Å². The van der Waals surface area contributed by atoms with E-state index in [0.717, 1.165) is 76.7 Å². The first-order chi connectivity index (χ1) is 15.1. The Morgan fingerprint density at radius 2 is 1.84 bits per heavy atom. The number of hydrogen-bond donors (Lipinski definition) is 3. The summed E-state index contributed by atoms with van der Waals surface area (Å²) in [5, 5.41) is 17.7. The van der Waals surface area contributed by atoms with Gasteiger partial charge in [0.2, 0.25) is 5.95 Å². The lowest BCUT2D eigenvalue weighted by Crippen LogP contribution is -2.61. The summed E-state index contributed by atoms with van der Waals surface area (Å²) in [4.78, 5) is 22.8. The van der Waals surface area contributed by atoms with E-state index >= 15 is 0 Å². The van der Waals surface area contributed by atoms with Gasteiger partial charge in [0.15, 0.2) is 0 Å². The minimum absolute atomic E-state index is 0.0241. The van der Waals surface area contributed by atoms with Crippen LogP contribution in [0.15, 0.2) is 6.20 Å². The molecule has 5 saturated carbocycles. The van der Waals surface area contributed by atoms with Crippen molar-refractivity contribution in [2.24, 2.45) is 17.8 Å². The molecule has 7 heteroatoms. The summed E-state index contributed by atoms with van der Waals surface area (Å²) >= 11 is 0. The Hall–Kier alpha value is -1.73. The van der Waals surface area contributed by atoms with Gasteiger partial charge < -0.3 is 20.5 Å². The fraction of sp³-hybridized carbons (Fsp3) is 0.792. The summed E-state index contributed by atoms with van der Waals surface area (Å²) in [6, 6.07) is 0.514. The number of anilines is 1. The highest BCUT2D eigenvalue weighted by atomic mass is 16.5. The Morgan fingerprint density at radius 1 is 1.10 bits per heavy atom. The van der Waals surface area contributed by atoms with Crippen molar-refractivity contribution in [3.8, 4) is 0 Å². The van der Waals surface area contributed by atoms with Crippen LogP contribution in [0.25, 0.3) is 0 Å². The molecule has 1 aromatic heterocycles. The largest absolute Gasteiger partial charge is 0.390 e. The number of nitrogens with zero attached hydrogens (tertiary/aromatic N) is 2. The minimum Gasteiger partial charge on any atom is -0.390 e. The van der Waals surface area contributed by atoms with Crippen molar-refractivity contribution in [2.75, 3.05) is 18.5 Å². The smallest absolute Gasteiger partial charge is 0.254 e. The molecule has 1 amide bonds. The minimum atomic E-state index is -0.477. The van der Waals surface area contributed by atoms with Crippen molar-refractivity contribution >= 4 is 11.9 Å². The van der Waals surface area contributed by atoms with Crippen LogP contribution in [0.5, 0.6) is 0 Å². The van der Waals surface area contributed by atoms with Crippen LogP contribution in [0.3, 0.4) is 0 Å². The molecule has 2 atom stereocenters. The zero-order valence-corrected chi connectivity index (χ0v) is 18.2. The molecule has 6 aliphatic rings. The summed E-state index contributed by atoms with van der Waals surface area (Å²) in [7, 11) is 0. The van der Waals surface area contributed by atoms with E-state index in [1.807, 2.05) is 0 Å². The van der Waals surface area contributed by atoms with E-state index in [2.05, 4.69) is 15.6 Å². The molecule has 7 rings (SSSR count). The molecule has 0 aromatic carbocycles. The summed E-state index contributed by atoms with van der Waals surface area (Å²) in [6.45, 7) is 1.54. The standard InChI is InChI=1S/C24H34N4O3/c29-22(27-20-16-8-14-9-17(20)12-24(30,10-14)11-16)19-13-25-23(26-18-4-6-31-7-5-18)28-21(19)15-2-1-3-15/h13-18,20,30H,1-12H2,(H,27,29)(H,25,26,28). The first-order valence-corrected chi connectivity index (χ1v) is 12.3. The maximum Gasteiger partial charge on any atom is 0.254 e. The molecular formula is C24H34N4O3. The quantitative estimate of drug-likeness (QED) is 0.670. The van der Waals surface area contributed by atoms with Gasteiger partial charge in [-0.15, -0.1) is 0 Å². The van der Waals surface area contributed by atoms with Crippen molar-refractivity contribution in [1.82, 2.24) is 15.3 Å². The maximum atomic E-state index is 13.4. The highest BCUT2D eigenvalue weighted by Crippen LogP contribution is 2.55. The number of ether oxygens (including phenoxy) is 1. The Bertz CT molecular complexity index is 835. The van der Waals surface area contributed by atoms with Crippen LogP contribution in [0.4, 0.5) is 5.95 Å². The molecular weight excluding hydrogens is 392 g/mol. The molecule has 1 saturated heterocycles. The van der Waals surface area contributed by atoms with Crippen molar-refractivity contribution in [3.05, 3.63) is 17.5 Å². The SMILES string of the molecule is O=C(NC1C2CC3CC1CC(O)(C3)C2)c1cnc(NC2CCOCC2)nc1C1CCC1. The van der Waals surface area contributed by atoms with Gasteiger partial charge in [0, 0.05) is 37.4 Å². The number of nitrogens with one attached hydrogen (secondary N) is 2. The monoisotopic (exact) mass is 426 g/mol. The van der Waals surface area contributed by atoms with E-state index in [9.17, 15) is 9.90 Å². The zero-order chi connectivity index (χ0) is 21.0. The first-order valence-electron chi connectivity index (χ1n) is 12.3. The van der Waals surface area contributed by atoms with Gasteiger partial charge >= 0.3 is 0 Å². The first kappa shape index (κ1) is 19.9. The number of aromatic nitrogens is 2. The lowest BCUT2D eigenvalue weighted by atomic mass is 9.52. The fourth-order valence-electron chi connectivity index (χ4n) is 7.10. The number of carbonyl (C=O) groups is 1. The molecule has 6 fully saturated rings. The number of amides is 1. The van der Waals surface area contributed by atoms with Crippen LogP contribution < -0.4 is 10.6 Å². The van der Waals surface area contributed by atoms with Gasteiger partial charge in [-0.05, 0) is 75.5 Å². The van der Waals surface area contributed by atoms with Crippen molar-refractivity contribution in [3.63, 3.8) is 0 Å². The lowest BCUT2D eigenvalue weighted by Gasteiger charge is -2.58. The third-order valence-electron chi connectivity index (χ3n) is 8.65. The molecule has 4 bridgehead atoms. The highest BCUT2D eigenvalue weighted by Gasteiger charge is 2.55. The van der Waals surface area contributed by atoms with Gasteiger partial charge in [-0.25, -0.2) is 9.97 Å². The molecule has 1 aromatic rings. The normalized spacial score (nSPS) is 37.5. The predicted octanol–water partition coefficient (Wildman–Crippen LogP) is 3.00. The van der Waals surface area contributed by atoms with Gasteiger partial charge in [0.1, 0.15) is 0 Å². The van der Waals surface area contributed by atoms with Crippen molar-refractivity contribution in [1.29, 1.82) is 0 Å². The lowest BCUT2D eigenvalue weighted by molar-refractivity contribution is -0.136. The molecule has 2 heterocycles. The van der Waals surface area contributed by atoms with Gasteiger partial charge in [-0.2, -0.15) is 0 Å². The van der Waals surface area contributed by atoms with E-state index in [4.69, 9.17) is 9.72 Å². The van der Waals surface area contributed by atoms with Crippen LogP contribution in [0.2, 0.25) is 0 Å². The van der Waals surface area contributed by atoms with Crippen LogP contribution in [-0.4, -0.2) is 51.9 Å². The summed E-state index contributed by atoms with van der Waals surface area (Å²) < 4.78 is 5.45. The van der Waals surface area contributed by atoms with Crippen LogP contribution in [0.1, 0.15) is 86.2 Å². The zero-order valence-electron chi connectivity index (χ0n) is 18.2. The van der Waals surface area contributed by atoms with Crippen molar-refractivity contribution in [2.45, 2.75) is 87.8 Å². The number of aliphatic hydroxyl groups is 1. The third-order valence-corrected chi connectivity index (χ3v) is 8.65. The molecule has 0 radical (unpaired) electrons. The second-order valence-electron chi connectivity index (χ2n) is 10.8. The van der Waals surface area contributed by atoms with E-state index in [1.54, 1.807) is 6.20 Å². The molecule has 0 spiro atoms. The topological polar surface area (TPSA) is 96.4 Å². The molecule has 7 nitrogen and oxygen atoms in total. The molecule has 31 heavy (non-hydrogen) atoms. The van der Waals surface area contributed by atoms with E-state index in [1.165, 1.54) is 6.42 Å². The summed E-state index contributed by atoms with van der Waals surface area (Å²) in [5.41, 5.74) is 1.08. The molecule has 168 valence electrons.